The molecule has 4 rings (SSSR count). The van der Waals surface area contributed by atoms with Crippen molar-refractivity contribution in [1.29, 1.82) is 0 Å². The van der Waals surface area contributed by atoms with Crippen LogP contribution in [-0.4, -0.2) is 51.9 Å². The van der Waals surface area contributed by atoms with E-state index in [0.29, 0.717) is 21.5 Å². The molecule has 0 atom stereocenters. The number of hydrogen-bond acceptors (Lipinski definition) is 8. The van der Waals surface area contributed by atoms with Crippen LogP contribution in [0.25, 0.3) is 21.5 Å². The van der Waals surface area contributed by atoms with Crippen LogP contribution in [0.15, 0.2) is 92.4 Å². The summed E-state index contributed by atoms with van der Waals surface area (Å²) in [7, 11) is -17.2. The van der Waals surface area contributed by atoms with E-state index in [9.17, 15) is 33.7 Å². The molecule has 0 amide bonds. The molecule has 4 aromatic carbocycles. The van der Waals surface area contributed by atoms with E-state index in [1.807, 2.05) is 0 Å². The summed E-state index contributed by atoms with van der Waals surface area (Å²) < 4.78 is 123. The Kier molecular flexibility index (Phi) is 7.28. The van der Waals surface area contributed by atoms with Crippen LogP contribution in [0.4, 0.5) is 0 Å². The van der Waals surface area contributed by atoms with Crippen molar-refractivity contribution in [3.8, 4) is 0 Å². The molecule has 4 N–H and O–H groups in total. The average molecular weight is 577 g/mol. The molecule has 0 bridgehead atoms. The maximum absolute atomic E-state index is 10.9. The molecule has 0 heterocycles. The molecule has 16 heteroatoms. The second-order valence-electron chi connectivity index (χ2n) is 7.24. The molecule has 0 aliphatic carbocycles. The Morgan fingerprint density at radius 3 is 0.639 bits per heavy atom. The zero-order valence-electron chi connectivity index (χ0n) is 17.6. The zero-order valence-corrected chi connectivity index (χ0v) is 20.9. The fourth-order valence-electron chi connectivity index (χ4n) is 3.05. The number of fused-ring (bicyclic) bond motifs is 2. The summed E-state index contributed by atoms with van der Waals surface area (Å²) in [5.41, 5.74) is 0. The highest BCUT2D eigenvalue weighted by Crippen LogP contribution is 2.23. The fourth-order valence-corrected chi connectivity index (χ4v) is 5.11. The van der Waals surface area contributed by atoms with Gasteiger partial charge < -0.3 is 0 Å². The largest absolute Gasteiger partial charge is 0.294 e. The summed E-state index contributed by atoms with van der Waals surface area (Å²) in [5.74, 6) is 0. The minimum absolute atomic E-state index is 0.283. The van der Waals surface area contributed by atoms with E-state index in [1.54, 1.807) is 0 Å². The molecule has 0 spiro atoms. The van der Waals surface area contributed by atoms with Crippen LogP contribution in [0.2, 0.25) is 0 Å². The molecule has 0 aromatic heterocycles. The van der Waals surface area contributed by atoms with E-state index in [1.165, 1.54) is 48.5 Å². The highest BCUT2D eigenvalue weighted by molar-refractivity contribution is 7.86. The van der Waals surface area contributed by atoms with E-state index < -0.39 is 40.5 Å². The van der Waals surface area contributed by atoms with Crippen LogP contribution >= 0.6 is 0 Å². The molecule has 0 unspecified atom stereocenters. The van der Waals surface area contributed by atoms with Crippen LogP contribution in [0, 0.1) is 0 Å². The first-order valence-corrected chi connectivity index (χ1v) is 15.1. The first-order valence-electron chi connectivity index (χ1n) is 9.33. The van der Waals surface area contributed by atoms with Gasteiger partial charge in [0.05, 0.1) is 19.6 Å². The van der Waals surface area contributed by atoms with Gasteiger partial charge in [-0.3, -0.25) is 18.2 Å². The van der Waals surface area contributed by atoms with Crippen LogP contribution in [0.3, 0.4) is 0 Å². The van der Waals surface area contributed by atoms with Gasteiger partial charge in [-0.1, -0.05) is 24.3 Å². The molecule has 0 fully saturated rings. The van der Waals surface area contributed by atoms with Gasteiger partial charge in [0, 0.05) is 0 Å². The number of rotatable bonds is 4. The minimum atomic E-state index is -4.30. The molecule has 0 aliphatic rings. The Labute approximate surface area is 205 Å². The first-order chi connectivity index (χ1) is 16.4. The molecule has 0 saturated carbocycles. The summed E-state index contributed by atoms with van der Waals surface area (Å²) >= 11 is 0. The van der Waals surface area contributed by atoms with Gasteiger partial charge in [-0.25, -0.2) is 0 Å². The Hall–Kier alpha value is -2.96. The van der Waals surface area contributed by atoms with Crippen molar-refractivity contribution in [1.82, 2.24) is 0 Å². The lowest BCUT2D eigenvalue weighted by Crippen LogP contribution is -1.99. The van der Waals surface area contributed by atoms with E-state index >= 15 is 0 Å². The van der Waals surface area contributed by atoms with Crippen molar-refractivity contribution in [2.45, 2.75) is 19.6 Å². The maximum Gasteiger partial charge on any atom is 0.294 e. The van der Waals surface area contributed by atoms with Crippen LogP contribution in [0.1, 0.15) is 0 Å². The predicted molar refractivity (Wildman–Crippen MR) is 127 cm³/mol. The molecule has 0 radical (unpaired) electrons. The summed E-state index contributed by atoms with van der Waals surface area (Å²) in [6.07, 6.45) is 0. The molecular weight excluding hydrogens is 560 g/mol. The van der Waals surface area contributed by atoms with E-state index in [0.717, 1.165) is 24.3 Å². The van der Waals surface area contributed by atoms with Gasteiger partial charge in [-0.2, -0.15) is 33.7 Å². The van der Waals surface area contributed by atoms with Gasteiger partial charge in [0.2, 0.25) is 0 Å². The molecule has 36 heavy (non-hydrogen) atoms. The van der Waals surface area contributed by atoms with E-state index in [4.69, 9.17) is 18.2 Å². The fraction of sp³-hybridized carbons (Fsp3) is 0. The van der Waals surface area contributed by atoms with Gasteiger partial charge in [0.25, 0.3) is 40.5 Å². The normalized spacial score (nSPS) is 12.8. The third-order valence-electron chi connectivity index (χ3n) is 4.76. The molecule has 0 saturated heterocycles. The maximum atomic E-state index is 10.9. The Bertz CT molecular complexity index is 1640. The second kappa shape index (κ2) is 9.49. The number of hydrogen-bond donors (Lipinski definition) is 4. The lowest BCUT2D eigenvalue weighted by atomic mass is 10.1. The Balaban J connectivity index is 0.000000201. The number of benzene rings is 4. The van der Waals surface area contributed by atoms with Crippen molar-refractivity contribution in [2.75, 3.05) is 0 Å². The molecule has 4 aromatic rings. The SMILES string of the molecule is O=S(=O)(O)c1ccc2cc(S(=O)(=O)O)ccc2c1.O=S(=O)(O)c1ccc2cc(S(=O)(=O)O)ccc2c1. The van der Waals surface area contributed by atoms with Gasteiger partial charge in [0.1, 0.15) is 0 Å². The topological polar surface area (TPSA) is 217 Å². The van der Waals surface area contributed by atoms with Crippen molar-refractivity contribution < 1.29 is 51.9 Å². The first kappa shape index (κ1) is 27.6. The standard InChI is InChI=1S/2C10H8O6S2/c2*11-17(12,13)9-3-1-7-5-10(18(14,15)16)4-2-8(7)6-9/h2*1-6H,(H,11,12,13)(H,14,15,16). The third kappa shape index (κ3) is 6.62. The highest BCUT2D eigenvalue weighted by Gasteiger charge is 2.14. The quantitative estimate of drug-likeness (QED) is 0.258. The van der Waals surface area contributed by atoms with Crippen molar-refractivity contribution in [2.24, 2.45) is 0 Å². The van der Waals surface area contributed by atoms with Crippen molar-refractivity contribution >= 4 is 62.0 Å². The molecule has 0 aliphatic heterocycles. The van der Waals surface area contributed by atoms with Crippen molar-refractivity contribution in [3.05, 3.63) is 72.8 Å². The summed E-state index contributed by atoms with van der Waals surface area (Å²) in [5, 5.41) is 1.71. The summed E-state index contributed by atoms with van der Waals surface area (Å²) in [6.45, 7) is 0. The van der Waals surface area contributed by atoms with Crippen LogP contribution in [0.5, 0.6) is 0 Å². The molecule has 192 valence electrons. The highest BCUT2D eigenvalue weighted by atomic mass is 32.2. The Morgan fingerprint density at radius 2 is 0.500 bits per heavy atom. The second-order valence-corrected chi connectivity index (χ2v) is 12.9. The van der Waals surface area contributed by atoms with Gasteiger partial charge in [-0.05, 0) is 70.1 Å². The molecular formula is C20H16O12S4. The average Bonchev–Trinajstić information content (AvgIpc) is 2.75. The minimum Gasteiger partial charge on any atom is -0.282 e. The van der Waals surface area contributed by atoms with Crippen LogP contribution in [-0.2, 0) is 40.5 Å². The zero-order chi connectivity index (χ0) is 27.1. The van der Waals surface area contributed by atoms with Crippen LogP contribution < -0.4 is 0 Å². The van der Waals surface area contributed by atoms with Crippen molar-refractivity contribution in [3.63, 3.8) is 0 Å². The predicted octanol–water partition coefficient (Wildman–Crippen LogP) is 2.67. The van der Waals surface area contributed by atoms with Gasteiger partial charge in [-0.15, -0.1) is 0 Å². The lowest BCUT2D eigenvalue weighted by Gasteiger charge is -2.03. The Morgan fingerprint density at radius 1 is 0.333 bits per heavy atom. The summed E-state index contributed by atoms with van der Waals surface area (Å²) in [6, 6.07) is 14.8. The van der Waals surface area contributed by atoms with Gasteiger partial charge >= 0.3 is 0 Å². The lowest BCUT2D eigenvalue weighted by molar-refractivity contribution is 0.481. The van der Waals surface area contributed by atoms with E-state index in [-0.39, 0.29) is 19.6 Å². The smallest absolute Gasteiger partial charge is 0.282 e. The molecule has 12 nitrogen and oxygen atoms in total. The van der Waals surface area contributed by atoms with E-state index in [2.05, 4.69) is 0 Å². The third-order valence-corrected chi connectivity index (χ3v) is 8.16. The monoisotopic (exact) mass is 576 g/mol. The van der Waals surface area contributed by atoms with Gasteiger partial charge in [0.15, 0.2) is 0 Å². The summed E-state index contributed by atoms with van der Waals surface area (Å²) in [4.78, 5) is -1.13.